The van der Waals surface area contributed by atoms with Crippen molar-refractivity contribution < 1.29 is 8.42 Å². The third-order valence-electron chi connectivity index (χ3n) is 5.07. The molecule has 1 saturated heterocycles. The van der Waals surface area contributed by atoms with Crippen molar-refractivity contribution in [3.63, 3.8) is 0 Å². The lowest BCUT2D eigenvalue weighted by Crippen LogP contribution is -2.35. The highest BCUT2D eigenvalue weighted by Gasteiger charge is 2.28. The minimum atomic E-state index is -3.31. The molecule has 0 amide bonds. The van der Waals surface area contributed by atoms with Crippen LogP contribution in [-0.4, -0.2) is 41.7 Å². The number of nitrogens with zero attached hydrogens (tertiary/aromatic N) is 3. The fraction of sp³-hybridized carbons (Fsp3) is 0.227. The van der Waals surface area contributed by atoms with Crippen molar-refractivity contribution in [3.05, 3.63) is 66.1 Å². The number of aromatic nitrogens is 3. The third-order valence-corrected chi connectivity index (χ3v) is 7.35. The first-order valence-corrected chi connectivity index (χ1v) is 11.6. The van der Waals surface area contributed by atoms with Crippen LogP contribution in [-0.2, 0) is 9.84 Å². The Bertz CT molecular complexity index is 1160. The number of nitrogens with one attached hydrogen (secondary N) is 2. The predicted octanol–water partition coefficient (Wildman–Crippen LogP) is 2.89. The maximum atomic E-state index is 12.8. The molecule has 0 spiro atoms. The first-order chi connectivity index (χ1) is 15.0. The van der Waals surface area contributed by atoms with Crippen LogP contribution in [0.3, 0.4) is 0 Å². The summed E-state index contributed by atoms with van der Waals surface area (Å²) in [7, 11) is -3.31. The Balaban J connectivity index is 1.40. The van der Waals surface area contributed by atoms with Gasteiger partial charge in [-0.25, -0.2) is 23.4 Å². The summed E-state index contributed by atoms with van der Waals surface area (Å²) in [4.78, 5) is 13.2. The van der Waals surface area contributed by atoms with Gasteiger partial charge in [-0.3, -0.25) is 0 Å². The standard InChI is InChI=1S/C22H24N6O2S/c23-21-3-1-2-17(27-21)5-4-16-14-25-22(26-15-16)28-18-6-8-19(9-7-18)31(29,30)20-10-12-24-13-11-20/h1-9,14-15,20,24H,10-13H2,(H2,23,27)(H,25,26,28). The molecule has 0 aliphatic carbocycles. The number of benzene rings is 1. The Kier molecular flexibility index (Phi) is 6.24. The lowest BCUT2D eigenvalue weighted by atomic mass is 10.2. The summed E-state index contributed by atoms with van der Waals surface area (Å²) < 4.78 is 25.6. The van der Waals surface area contributed by atoms with Crippen LogP contribution in [0.15, 0.2) is 59.8 Å². The second kappa shape index (κ2) is 9.23. The highest BCUT2D eigenvalue weighted by Crippen LogP contribution is 2.24. The number of sulfone groups is 1. The lowest BCUT2D eigenvalue weighted by molar-refractivity contribution is 0.496. The zero-order chi connectivity index (χ0) is 21.7. The molecule has 0 bridgehead atoms. The van der Waals surface area contributed by atoms with Crippen LogP contribution in [0.2, 0.25) is 0 Å². The molecule has 31 heavy (non-hydrogen) atoms. The van der Waals surface area contributed by atoms with Gasteiger partial charge in [0.15, 0.2) is 9.84 Å². The first kappa shape index (κ1) is 21.0. The molecule has 2 aromatic heterocycles. The predicted molar refractivity (Wildman–Crippen MR) is 122 cm³/mol. The maximum absolute atomic E-state index is 12.8. The monoisotopic (exact) mass is 436 g/mol. The number of nitrogens with two attached hydrogens (primary N) is 1. The molecule has 9 heteroatoms. The van der Waals surface area contributed by atoms with Gasteiger partial charge >= 0.3 is 0 Å². The molecular formula is C22H24N6O2S. The van der Waals surface area contributed by atoms with E-state index in [1.165, 1.54) is 0 Å². The highest BCUT2D eigenvalue weighted by atomic mass is 32.2. The van der Waals surface area contributed by atoms with Crippen LogP contribution in [0.25, 0.3) is 12.2 Å². The number of hydrogen-bond acceptors (Lipinski definition) is 8. The molecule has 160 valence electrons. The average Bonchev–Trinajstić information content (AvgIpc) is 2.80. The summed E-state index contributed by atoms with van der Waals surface area (Å²) >= 11 is 0. The van der Waals surface area contributed by atoms with Gasteiger partial charge in [-0.1, -0.05) is 6.07 Å². The largest absolute Gasteiger partial charge is 0.384 e. The van der Waals surface area contributed by atoms with Crippen molar-refractivity contribution in [2.24, 2.45) is 0 Å². The van der Waals surface area contributed by atoms with Crippen molar-refractivity contribution in [3.8, 4) is 0 Å². The van der Waals surface area contributed by atoms with Crippen molar-refractivity contribution in [2.45, 2.75) is 23.0 Å². The zero-order valence-corrected chi connectivity index (χ0v) is 17.7. The fourth-order valence-electron chi connectivity index (χ4n) is 3.39. The van der Waals surface area contributed by atoms with Gasteiger partial charge < -0.3 is 16.4 Å². The highest BCUT2D eigenvalue weighted by molar-refractivity contribution is 7.92. The zero-order valence-electron chi connectivity index (χ0n) is 16.9. The van der Waals surface area contributed by atoms with Crippen LogP contribution in [0.4, 0.5) is 17.5 Å². The Morgan fingerprint density at radius 1 is 1.00 bits per heavy atom. The summed E-state index contributed by atoms with van der Waals surface area (Å²) in [5, 5.41) is 5.97. The van der Waals surface area contributed by atoms with Crippen LogP contribution in [0.1, 0.15) is 24.1 Å². The van der Waals surface area contributed by atoms with E-state index in [4.69, 9.17) is 5.73 Å². The third kappa shape index (κ3) is 5.25. The normalized spacial score (nSPS) is 15.2. The van der Waals surface area contributed by atoms with Crippen LogP contribution in [0.5, 0.6) is 0 Å². The minimum absolute atomic E-state index is 0.320. The van der Waals surface area contributed by atoms with E-state index in [-0.39, 0.29) is 5.25 Å². The number of anilines is 3. The molecular weight excluding hydrogens is 412 g/mol. The summed E-state index contributed by atoms with van der Waals surface area (Å²) in [5.74, 6) is 0.890. The number of pyridine rings is 1. The van der Waals surface area contributed by atoms with Gasteiger partial charge in [0.25, 0.3) is 0 Å². The molecule has 3 heterocycles. The van der Waals surface area contributed by atoms with Crippen LogP contribution < -0.4 is 16.4 Å². The van der Waals surface area contributed by atoms with Gasteiger partial charge in [-0.2, -0.15) is 0 Å². The van der Waals surface area contributed by atoms with E-state index < -0.39 is 9.84 Å². The second-order valence-electron chi connectivity index (χ2n) is 7.30. The van der Waals surface area contributed by atoms with Gasteiger partial charge in [0.2, 0.25) is 5.95 Å². The van der Waals surface area contributed by atoms with Gasteiger partial charge in [0.1, 0.15) is 5.82 Å². The Labute approximate surface area is 181 Å². The molecule has 4 N–H and O–H groups in total. The van der Waals surface area contributed by atoms with Crippen molar-refractivity contribution in [1.82, 2.24) is 20.3 Å². The fourth-order valence-corrected chi connectivity index (χ4v) is 5.14. The molecule has 4 rings (SSSR count). The molecule has 0 radical (unpaired) electrons. The molecule has 1 aromatic carbocycles. The molecule has 1 fully saturated rings. The van der Waals surface area contributed by atoms with Gasteiger partial charge in [0.05, 0.1) is 15.8 Å². The van der Waals surface area contributed by atoms with Crippen LogP contribution in [0, 0.1) is 0 Å². The molecule has 1 aliphatic heterocycles. The topological polar surface area (TPSA) is 123 Å². The van der Waals surface area contributed by atoms with Gasteiger partial charge in [-0.15, -0.1) is 0 Å². The summed E-state index contributed by atoms with van der Waals surface area (Å²) in [6, 6.07) is 12.2. The SMILES string of the molecule is Nc1cccc(C=Cc2cnc(Nc3ccc(S(=O)(=O)C4CCNCC4)cc3)nc2)n1. The smallest absolute Gasteiger partial charge is 0.227 e. The summed E-state index contributed by atoms with van der Waals surface area (Å²) in [6.07, 6.45) is 8.35. The molecule has 0 atom stereocenters. The number of piperidine rings is 1. The van der Waals surface area contributed by atoms with Crippen molar-refractivity contribution >= 4 is 39.4 Å². The Morgan fingerprint density at radius 2 is 1.71 bits per heavy atom. The average molecular weight is 437 g/mol. The van der Waals surface area contributed by atoms with Crippen molar-refractivity contribution in [1.29, 1.82) is 0 Å². The van der Waals surface area contributed by atoms with Crippen molar-refractivity contribution in [2.75, 3.05) is 24.1 Å². The van der Waals surface area contributed by atoms with E-state index in [0.717, 1.165) is 30.0 Å². The number of hydrogen-bond donors (Lipinski definition) is 3. The molecule has 0 unspecified atom stereocenters. The van der Waals surface area contributed by atoms with E-state index in [0.29, 0.717) is 29.5 Å². The molecule has 0 saturated carbocycles. The van der Waals surface area contributed by atoms with Gasteiger partial charge in [-0.05, 0) is 74.5 Å². The van der Waals surface area contributed by atoms with E-state index in [1.807, 2.05) is 24.3 Å². The second-order valence-corrected chi connectivity index (χ2v) is 9.53. The molecule has 3 aromatic rings. The number of nitrogen functional groups attached to an aromatic ring is 1. The first-order valence-electron chi connectivity index (χ1n) is 10.0. The van der Waals surface area contributed by atoms with Crippen LogP contribution >= 0.6 is 0 Å². The molecule has 1 aliphatic rings. The van der Waals surface area contributed by atoms with E-state index in [2.05, 4.69) is 25.6 Å². The maximum Gasteiger partial charge on any atom is 0.227 e. The Hall–Kier alpha value is -3.30. The van der Waals surface area contributed by atoms with E-state index in [9.17, 15) is 8.42 Å². The summed E-state index contributed by atoms with van der Waals surface area (Å²) in [6.45, 7) is 1.48. The minimum Gasteiger partial charge on any atom is -0.384 e. The number of rotatable bonds is 6. The Morgan fingerprint density at radius 3 is 2.39 bits per heavy atom. The van der Waals surface area contributed by atoms with E-state index in [1.54, 1.807) is 42.7 Å². The van der Waals surface area contributed by atoms with Gasteiger partial charge in [0, 0.05) is 23.6 Å². The lowest BCUT2D eigenvalue weighted by Gasteiger charge is -2.22. The van der Waals surface area contributed by atoms with E-state index >= 15 is 0 Å². The summed E-state index contributed by atoms with van der Waals surface area (Å²) in [5.41, 5.74) is 7.97. The quantitative estimate of drug-likeness (QED) is 0.539. The molecule has 8 nitrogen and oxygen atoms in total.